The highest BCUT2D eigenvalue weighted by Crippen LogP contribution is 2.30. The van der Waals surface area contributed by atoms with Crippen molar-refractivity contribution in [3.8, 4) is 11.4 Å². The van der Waals surface area contributed by atoms with E-state index in [4.69, 9.17) is 0 Å². The molecule has 0 saturated heterocycles. The molecular formula is C21H20N4OS. The van der Waals surface area contributed by atoms with Crippen LogP contribution >= 0.6 is 11.8 Å². The van der Waals surface area contributed by atoms with Crippen LogP contribution in [-0.2, 0) is 7.05 Å². The topological polar surface area (TPSA) is 63.6 Å². The second-order valence-electron chi connectivity index (χ2n) is 6.55. The van der Waals surface area contributed by atoms with Crippen molar-refractivity contribution in [2.45, 2.75) is 24.3 Å². The van der Waals surface area contributed by atoms with Crippen molar-refractivity contribution in [2.75, 3.05) is 0 Å². The zero-order valence-electron chi connectivity index (χ0n) is 15.4. The van der Waals surface area contributed by atoms with Gasteiger partial charge in [-0.3, -0.25) is 4.79 Å². The number of hydrogen-bond donors (Lipinski definition) is 1. The number of para-hydroxylation sites is 1. The molecule has 1 atom stereocenters. The molecule has 1 N–H and O–H groups in total. The molecule has 4 rings (SSSR count). The van der Waals surface area contributed by atoms with Crippen LogP contribution in [0.5, 0.6) is 0 Å². The first-order valence-corrected chi connectivity index (χ1v) is 9.66. The van der Waals surface area contributed by atoms with Gasteiger partial charge in [-0.1, -0.05) is 54.2 Å². The highest BCUT2D eigenvalue weighted by atomic mass is 32.2. The molecule has 0 spiro atoms. The zero-order valence-corrected chi connectivity index (χ0v) is 16.2. The Bertz CT molecular complexity index is 1130. The first-order valence-electron chi connectivity index (χ1n) is 8.78. The van der Waals surface area contributed by atoms with E-state index in [-0.39, 0.29) is 11.0 Å². The number of fused-ring (bicyclic) bond motifs is 1. The van der Waals surface area contributed by atoms with Gasteiger partial charge in [-0.25, -0.2) is 0 Å². The van der Waals surface area contributed by atoms with E-state index < -0.39 is 0 Å². The number of carbonyl (C=O) groups excluding carboxylic acids is 1. The second kappa shape index (κ2) is 7.04. The summed E-state index contributed by atoms with van der Waals surface area (Å²) in [6, 6.07) is 15.9. The van der Waals surface area contributed by atoms with Gasteiger partial charge in [0.2, 0.25) is 0 Å². The van der Waals surface area contributed by atoms with Crippen LogP contribution in [0, 0.1) is 6.92 Å². The van der Waals surface area contributed by atoms with Crippen molar-refractivity contribution in [2.24, 2.45) is 7.05 Å². The third kappa shape index (κ3) is 3.17. The maximum atomic E-state index is 13.0. The number of ketones is 1. The predicted molar refractivity (Wildman–Crippen MR) is 109 cm³/mol. The SMILES string of the molecule is Cc1ccccc1-c1nnc(SC(C)C(=O)c2c[nH]c3ccccc23)n1C. The number of Topliss-reactive ketones (excluding diaryl/α,β-unsaturated/α-hetero) is 1. The zero-order chi connectivity index (χ0) is 19.0. The normalized spacial score (nSPS) is 12.4. The van der Waals surface area contributed by atoms with Gasteiger partial charge >= 0.3 is 0 Å². The molecule has 2 aromatic carbocycles. The average Bonchev–Trinajstić information content (AvgIpc) is 3.26. The minimum atomic E-state index is -0.267. The lowest BCUT2D eigenvalue weighted by Crippen LogP contribution is -2.14. The predicted octanol–water partition coefficient (Wildman–Crippen LogP) is 4.64. The molecule has 4 aromatic rings. The molecular weight excluding hydrogens is 356 g/mol. The maximum absolute atomic E-state index is 13.0. The summed E-state index contributed by atoms with van der Waals surface area (Å²) in [5, 5.41) is 10.1. The molecule has 0 aliphatic heterocycles. The van der Waals surface area contributed by atoms with E-state index in [0.29, 0.717) is 5.56 Å². The van der Waals surface area contributed by atoms with Crippen LogP contribution in [0.1, 0.15) is 22.8 Å². The third-order valence-electron chi connectivity index (χ3n) is 4.73. The third-order valence-corrected chi connectivity index (χ3v) is 5.86. The lowest BCUT2D eigenvalue weighted by atomic mass is 10.1. The average molecular weight is 376 g/mol. The second-order valence-corrected chi connectivity index (χ2v) is 7.86. The number of carbonyl (C=O) groups is 1. The summed E-state index contributed by atoms with van der Waals surface area (Å²) in [6.07, 6.45) is 1.79. The van der Waals surface area contributed by atoms with Gasteiger partial charge in [0, 0.05) is 35.3 Å². The van der Waals surface area contributed by atoms with E-state index in [1.807, 2.05) is 61.0 Å². The minimum absolute atomic E-state index is 0.0814. The highest BCUT2D eigenvalue weighted by molar-refractivity contribution is 8.00. The Labute approximate surface area is 161 Å². The number of benzene rings is 2. The Hall–Kier alpha value is -2.86. The molecule has 0 bridgehead atoms. The van der Waals surface area contributed by atoms with Crippen molar-refractivity contribution >= 4 is 28.4 Å². The van der Waals surface area contributed by atoms with E-state index in [0.717, 1.165) is 33.0 Å². The van der Waals surface area contributed by atoms with Crippen LogP contribution in [-0.4, -0.2) is 30.8 Å². The largest absolute Gasteiger partial charge is 0.360 e. The van der Waals surface area contributed by atoms with Gasteiger partial charge in [-0.2, -0.15) is 0 Å². The molecule has 136 valence electrons. The number of aryl methyl sites for hydroxylation is 1. The van der Waals surface area contributed by atoms with E-state index >= 15 is 0 Å². The summed E-state index contributed by atoms with van der Waals surface area (Å²) >= 11 is 1.43. The number of H-pyrrole nitrogens is 1. The summed E-state index contributed by atoms with van der Waals surface area (Å²) in [7, 11) is 1.94. The first kappa shape index (κ1) is 17.5. The van der Waals surface area contributed by atoms with Crippen molar-refractivity contribution in [1.29, 1.82) is 0 Å². The lowest BCUT2D eigenvalue weighted by Gasteiger charge is -2.10. The molecule has 0 amide bonds. The van der Waals surface area contributed by atoms with Crippen molar-refractivity contribution < 1.29 is 4.79 Å². The summed E-state index contributed by atoms with van der Waals surface area (Å²) < 4.78 is 1.95. The fourth-order valence-electron chi connectivity index (χ4n) is 3.18. The van der Waals surface area contributed by atoms with Gasteiger partial charge in [-0.15, -0.1) is 10.2 Å². The van der Waals surface area contributed by atoms with Gasteiger partial charge in [0.05, 0.1) is 5.25 Å². The Morgan fingerprint density at radius 3 is 2.67 bits per heavy atom. The van der Waals surface area contributed by atoms with Crippen LogP contribution in [0.2, 0.25) is 0 Å². The van der Waals surface area contributed by atoms with Crippen LogP contribution in [0.4, 0.5) is 0 Å². The van der Waals surface area contributed by atoms with E-state index in [1.165, 1.54) is 11.8 Å². The molecule has 1 unspecified atom stereocenters. The Morgan fingerprint density at radius 2 is 1.85 bits per heavy atom. The minimum Gasteiger partial charge on any atom is -0.360 e. The smallest absolute Gasteiger partial charge is 0.191 e. The molecule has 27 heavy (non-hydrogen) atoms. The highest BCUT2D eigenvalue weighted by Gasteiger charge is 2.23. The van der Waals surface area contributed by atoms with Gasteiger partial charge in [0.25, 0.3) is 0 Å². The lowest BCUT2D eigenvalue weighted by molar-refractivity contribution is 0.0995. The van der Waals surface area contributed by atoms with Crippen LogP contribution in [0.15, 0.2) is 59.9 Å². The quantitative estimate of drug-likeness (QED) is 0.407. The van der Waals surface area contributed by atoms with Crippen molar-refractivity contribution in [3.05, 3.63) is 65.9 Å². The molecule has 5 nitrogen and oxygen atoms in total. The summed E-state index contributed by atoms with van der Waals surface area (Å²) in [4.78, 5) is 16.1. The molecule has 0 radical (unpaired) electrons. The fraction of sp³-hybridized carbons (Fsp3) is 0.190. The number of aromatic nitrogens is 4. The number of nitrogens with zero attached hydrogens (tertiary/aromatic N) is 3. The molecule has 6 heteroatoms. The summed E-state index contributed by atoms with van der Waals surface area (Å²) in [5.41, 5.74) is 3.88. The Balaban J connectivity index is 1.59. The van der Waals surface area contributed by atoms with E-state index in [2.05, 4.69) is 28.2 Å². The molecule has 2 aromatic heterocycles. The number of rotatable bonds is 5. The van der Waals surface area contributed by atoms with Gasteiger partial charge in [-0.05, 0) is 25.5 Å². The molecule has 0 fully saturated rings. The van der Waals surface area contributed by atoms with Crippen molar-refractivity contribution in [3.63, 3.8) is 0 Å². The molecule has 0 aliphatic rings. The van der Waals surface area contributed by atoms with Gasteiger partial charge < -0.3 is 9.55 Å². The van der Waals surface area contributed by atoms with Crippen LogP contribution < -0.4 is 0 Å². The number of thioether (sulfide) groups is 1. The van der Waals surface area contributed by atoms with Crippen LogP contribution in [0.3, 0.4) is 0 Å². The van der Waals surface area contributed by atoms with Gasteiger partial charge in [0.1, 0.15) is 0 Å². The van der Waals surface area contributed by atoms with E-state index in [9.17, 15) is 4.79 Å². The van der Waals surface area contributed by atoms with Crippen molar-refractivity contribution in [1.82, 2.24) is 19.7 Å². The fourth-order valence-corrected chi connectivity index (χ4v) is 4.06. The number of aromatic amines is 1. The monoisotopic (exact) mass is 376 g/mol. The maximum Gasteiger partial charge on any atom is 0.191 e. The summed E-state index contributed by atoms with van der Waals surface area (Å²) in [6.45, 7) is 3.97. The van der Waals surface area contributed by atoms with Gasteiger partial charge in [0.15, 0.2) is 16.8 Å². The Kier molecular flexibility index (Phi) is 4.58. The summed E-state index contributed by atoms with van der Waals surface area (Å²) in [5.74, 6) is 0.889. The number of nitrogens with one attached hydrogen (secondary N) is 1. The molecule has 0 saturated carbocycles. The van der Waals surface area contributed by atoms with Crippen LogP contribution in [0.25, 0.3) is 22.3 Å². The molecule has 0 aliphatic carbocycles. The van der Waals surface area contributed by atoms with E-state index in [1.54, 1.807) is 6.20 Å². The molecule has 2 heterocycles. The Morgan fingerprint density at radius 1 is 1.11 bits per heavy atom. The number of hydrogen-bond acceptors (Lipinski definition) is 4. The first-order chi connectivity index (χ1) is 13.1. The standard InChI is InChI=1S/C21H20N4OS/c1-13-8-4-5-9-15(13)20-23-24-21(25(20)3)27-14(2)19(26)17-12-22-18-11-7-6-10-16(17)18/h4-12,14,22H,1-3H3.